The highest BCUT2D eigenvalue weighted by molar-refractivity contribution is 5.47. The lowest BCUT2D eigenvalue weighted by molar-refractivity contribution is 0.166. The summed E-state index contributed by atoms with van der Waals surface area (Å²) in [6, 6.07) is 3.73. The third-order valence-corrected chi connectivity index (χ3v) is 2.80. The average molecular weight is 239 g/mol. The van der Waals surface area contributed by atoms with E-state index < -0.39 is 6.10 Å². The number of hydrogen-bond donors (Lipinski definition) is 2. The molecule has 1 rings (SSSR count). The third-order valence-electron chi connectivity index (χ3n) is 2.80. The monoisotopic (exact) mass is 239 g/mol. The van der Waals surface area contributed by atoms with Gasteiger partial charge in [-0.1, -0.05) is 0 Å². The molecule has 17 heavy (non-hydrogen) atoms. The van der Waals surface area contributed by atoms with Crippen LogP contribution in [0, 0.1) is 6.92 Å². The van der Waals surface area contributed by atoms with Crippen LogP contribution in [0.4, 0.5) is 0 Å². The predicted octanol–water partition coefficient (Wildman–Crippen LogP) is 1.66. The molecule has 96 valence electrons. The SMILES string of the molecule is CNCCC(O)c1cc(OC)c(OC)cc1C. The molecule has 0 aliphatic carbocycles. The van der Waals surface area contributed by atoms with Gasteiger partial charge in [-0.2, -0.15) is 0 Å². The first-order valence-corrected chi connectivity index (χ1v) is 5.69. The number of nitrogens with one attached hydrogen (secondary N) is 1. The van der Waals surface area contributed by atoms with Gasteiger partial charge in [-0.15, -0.1) is 0 Å². The van der Waals surface area contributed by atoms with Gasteiger partial charge in [0.2, 0.25) is 0 Å². The summed E-state index contributed by atoms with van der Waals surface area (Å²) >= 11 is 0. The Kier molecular flexibility index (Phi) is 5.25. The van der Waals surface area contributed by atoms with Crippen LogP contribution in [0.1, 0.15) is 23.7 Å². The summed E-state index contributed by atoms with van der Waals surface area (Å²) in [5.74, 6) is 1.34. The summed E-state index contributed by atoms with van der Waals surface area (Å²) in [5.41, 5.74) is 1.89. The molecule has 0 amide bonds. The summed E-state index contributed by atoms with van der Waals surface area (Å²) in [6.45, 7) is 2.73. The van der Waals surface area contributed by atoms with Crippen LogP contribution in [-0.4, -0.2) is 32.9 Å². The number of hydrogen-bond acceptors (Lipinski definition) is 4. The molecular formula is C13H21NO3. The summed E-state index contributed by atoms with van der Waals surface area (Å²) in [5, 5.41) is 13.1. The molecule has 0 heterocycles. The van der Waals surface area contributed by atoms with Gasteiger partial charge in [0.05, 0.1) is 20.3 Å². The minimum absolute atomic E-state index is 0.484. The van der Waals surface area contributed by atoms with Crippen LogP contribution < -0.4 is 14.8 Å². The molecule has 4 heteroatoms. The van der Waals surface area contributed by atoms with Crippen molar-refractivity contribution in [3.63, 3.8) is 0 Å². The van der Waals surface area contributed by atoms with Crippen molar-refractivity contribution in [2.45, 2.75) is 19.4 Å². The maximum atomic E-state index is 10.1. The number of aryl methyl sites for hydroxylation is 1. The molecule has 0 fully saturated rings. The zero-order valence-electron chi connectivity index (χ0n) is 10.9. The van der Waals surface area contributed by atoms with E-state index in [1.807, 2.05) is 26.1 Å². The van der Waals surface area contributed by atoms with E-state index in [0.717, 1.165) is 17.7 Å². The number of rotatable bonds is 6. The highest BCUT2D eigenvalue weighted by Crippen LogP contribution is 2.33. The molecule has 0 saturated heterocycles. The molecule has 1 aromatic rings. The Labute approximate surface area is 103 Å². The summed E-state index contributed by atoms with van der Waals surface area (Å²) < 4.78 is 10.4. The molecule has 1 unspecified atom stereocenters. The number of aliphatic hydroxyl groups is 1. The van der Waals surface area contributed by atoms with E-state index in [9.17, 15) is 5.11 Å². The zero-order valence-corrected chi connectivity index (χ0v) is 10.9. The molecule has 0 bridgehead atoms. The minimum atomic E-state index is -0.484. The van der Waals surface area contributed by atoms with Crippen LogP contribution in [0.25, 0.3) is 0 Å². The van der Waals surface area contributed by atoms with E-state index in [1.54, 1.807) is 14.2 Å². The van der Waals surface area contributed by atoms with Crippen molar-refractivity contribution >= 4 is 0 Å². The molecule has 1 aromatic carbocycles. The number of ether oxygens (including phenoxy) is 2. The molecule has 2 N–H and O–H groups in total. The van der Waals surface area contributed by atoms with Crippen LogP contribution >= 0.6 is 0 Å². The minimum Gasteiger partial charge on any atom is -0.493 e. The average Bonchev–Trinajstić information content (AvgIpc) is 2.35. The molecule has 1 atom stereocenters. The second-order valence-corrected chi connectivity index (χ2v) is 3.97. The fourth-order valence-electron chi connectivity index (χ4n) is 1.79. The second kappa shape index (κ2) is 6.47. The highest BCUT2D eigenvalue weighted by Gasteiger charge is 2.14. The summed E-state index contributed by atoms with van der Waals surface area (Å²) in [7, 11) is 5.07. The van der Waals surface area contributed by atoms with E-state index in [1.165, 1.54) is 0 Å². The van der Waals surface area contributed by atoms with Crippen LogP contribution in [-0.2, 0) is 0 Å². The van der Waals surface area contributed by atoms with Gasteiger partial charge in [0.25, 0.3) is 0 Å². The molecular weight excluding hydrogens is 218 g/mol. The Morgan fingerprint density at radius 2 is 1.82 bits per heavy atom. The Bertz CT molecular complexity index is 366. The lowest BCUT2D eigenvalue weighted by Crippen LogP contribution is -2.12. The molecule has 0 spiro atoms. The van der Waals surface area contributed by atoms with Gasteiger partial charge in [0.15, 0.2) is 11.5 Å². The molecule has 0 saturated carbocycles. The molecule has 0 aliphatic heterocycles. The lowest BCUT2D eigenvalue weighted by atomic mass is 10.00. The van der Waals surface area contributed by atoms with Gasteiger partial charge in [-0.3, -0.25) is 0 Å². The van der Waals surface area contributed by atoms with Crippen molar-refractivity contribution in [1.29, 1.82) is 0 Å². The Hall–Kier alpha value is -1.26. The Morgan fingerprint density at radius 3 is 2.35 bits per heavy atom. The predicted molar refractivity (Wildman–Crippen MR) is 67.8 cm³/mol. The molecule has 4 nitrogen and oxygen atoms in total. The maximum Gasteiger partial charge on any atom is 0.161 e. The van der Waals surface area contributed by atoms with Gasteiger partial charge >= 0.3 is 0 Å². The normalized spacial score (nSPS) is 12.3. The number of aliphatic hydroxyl groups excluding tert-OH is 1. The van der Waals surface area contributed by atoms with Gasteiger partial charge in [0.1, 0.15) is 0 Å². The van der Waals surface area contributed by atoms with Gasteiger partial charge in [-0.25, -0.2) is 0 Å². The molecule has 0 aliphatic rings. The van der Waals surface area contributed by atoms with E-state index in [2.05, 4.69) is 5.32 Å². The third kappa shape index (κ3) is 3.35. The Balaban J connectivity index is 2.99. The fourth-order valence-corrected chi connectivity index (χ4v) is 1.79. The van der Waals surface area contributed by atoms with Crippen LogP contribution in [0.3, 0.4) is 0 Å². The van der Waals surface area contributed by atoms with Gasteiger partial charge < -0.3 is 19.9 Å². The topological polar surface area (TPSA) is 50.7 Å². The molecule has 0 aromatic heterocycles. The number of methoxy groups -OCH3 is 2. The smallest absolute Gasteiger partial charge is 0.161 e. The van der Waals surface area contributed by atoms with Crippen molar-refractivity contribution < 1.29 is 14.6 Å². The maximum absolute atomic E-state index is 10.1. The Morgan fingerprint density at radius 1 is 1.24 bits per heavy atom. The van der Waals surface area contributed by atoms with Crippen molar-refractivity contribution in [2.24, 2.45) is 0 Å². The first-order valence-electron chi connectivity index (χ1n) is 5.69. The van der Waals surface area contributed by atoms with Gasteiger partial charge in [-0.05, 0) is 50.2 Å². The second-order valence-electron chi connectivity index (χ2n) is 3.97. The van der Waals surface area contributed by atoms with Crippen LogP contribution in [0.2, 0.25) is 0 Å². The zero-order chi connectivity index (χ0) is 12.8. The van der Waals surface area contributed by atoms with Crippen molar-refractivity contribution in [1.82, 2.24) is 5.32 Å². The highest BCUT2D eigenvalue weighted by atomic mass is 16.5. The lowest BCUT2D eigenvalue weighted by Gasteiger charge is -2.17. The summed E-state index contributed by atoms with van der Waals surface area (Å²) in [4.78, 5) is 0. The van der Waals surface area contributed by atoms with Crippen molar-refractivity contribution in [2.75, 3.05) is 27.8 Å². The standard InChI is InChI=1S/C13H21NO3/c1-9-7-12(16-3)13(17-4)8-10(9)11(15)5-6-14-2/h7-8,11,14-15H,5-6H2,1-4H3. The van der Waals surface area contributed by atoms with E-state index in [4.69, 9.17) is 9.47 Å². The van der Waals surface area contributed by atoms with Crippen LogP contribution in [0.15, 0.2) is 12.1 Å². The van der Waals surface area contributed by atoms with Crippen molar-refractivity contribution in [3.05, 3.63) is 23.3 Å². The van der Waals surface area contributed by atoms with E-state index in [0.29, 0.717) is 17.9 Å². The fraction of sp³-hybridized carbons (Fsp3) is 0.538. The first kappa shape index (κ1) is 13.8. The number of benzene rings is 1. The van der Waals surface area contributed by atoms with Crippen LogP contribution in [0.5, 0.6) is 11.5 Å². The van der Waals surface area contributed by atoms with E-state index >= 15 is 0 Å². The largest absolute Gasteiger partial charge is 0.493 e. The summed E-state index contributed by atoms with van der Waals surface area (Å²) in [6.07, 6.45) is 0.189. The molecule has 0 radical (unpaired) electrons. The van der Waals surface area contributed by atoms with Crippen molar-refractivity contribution in [3.8, 4) is 11.5 Å². The van der Waals surface area contributed by atoms with E-state index in [-0.39, 0.29) is 0 Å². The quantitative estimate of drug-likeness (QED) is 0.792. The van der Waals surface area contributed by atoms with Gasteiger partial charge in [0, 0.05) is 0 Å². The first-order chi connectivity index (χ1) is 8.13.